The van der Waals surface area contributed by atoms with Crippen molar-refractivity contribution in [2.45, 2.75) is 37.8 Å². The molecule has 1 atom stereocenters. The van der Waals surface area contributed by atoms with Gasteiger partial charge in [0, 0.05) is 38.6 Å². The number of aliphatic hydroxyl groups is 1. The number of hydrogen-bond donors (Lipinski definition) is 2. The van der Waals surface area contributed by atoms with Crippen LogP contribution in [0.2, 0.25) is 5.02 Å². The maximum Gasteiger partial charge on any atom is 0.255 e. The van der Waals surface area contributed by atoms with E-state index in [0.29, 0.717) is 23.9 Å². The number of nitrogens with one attached hydrogen (secondary N) is 1. The van der Waals surface area contributed by atoms with Crippen molar-refractivity contribution in [2.75, 3.05) is 19.6 Å². The third-order valence-corrected chi connectivity index (χ3v) is 5.80. The Hall–Kier alpha value is -1.63. The van der Waals surface area contributed by atoms with E-state index >= 15 is 0 Å². The summed E-state index contributed by atoms with van der Waals surface area (Å²) in [6.07, 6.45) is 3.75. The lowest BCUT2D eigenvalue weighted by Gasteiger charge is -2.38. The van der Waals surface area contributed by atoms with Gasteiger partial charge in [0.1, 0.15) is 0 Å². The molecule has 26 heavy (non-hydrogen) atoms. The number of halogens is 1. The molecule has 7 heteroatoms. The Labute approximate surface area is 158 Å². The van der Waals surface area contributed by atoms with E-state index < -0.39 is 5.60 Å². The Bertz CT molecular complexity index is 832. The first-order chi connectivity index (χ1) is 12.5. The molecule has 0 bridgehead atoms. The van der Waals surface area contributed by atoms with Gasteiger partial charge in [-0.1, -0.05) is 17.7 Å². The molecule has 1 amide bonds. The lowest BCUT2D eigenvalue weighted by molar-refractivity contribution is -0.156. The Morgan fingerprint density at radius 2 is 2.23 bits per heavy atom. The van der Waals surface area contributed by atoms with Crippen LogP contribution < -0.4 is 5.32 Å². The minimum Gasteiger partial charge on any atom is -0.379 e. The Kier molecular flexibility index (Phi) is 4.67. The molecule has 2 N–H and O–H groups in total. The average Bonchev–Trinajstić information content (AvgIpc) is 3.36. The number of hydrogen-bond acceptors (Lipinski definition) is 4. The molecule has 1 aromatic carbocycles. The van der Waals surface area contributed by atoms with Gasteiger partial charge in [-0.15, -0.1) is 0 Å². The molecule has 2 aromatic rings. The second kappa shape index (κ2) is 6.83. The van der Waals surface area contributed by atoms with Crippen LogP contribution in [0.1, 0.15) is 31.4 Å². The van der Waals surface area contributed by atoms with E-state index in [1.165, 1.54) is 12.8 Å². The molecule has 1 aliphatic carbocycles. The molecule has 1 saturated heterocycles. The zero-order valence-electron chi connectivity index (χ0n) is 15.0. The number of aryl methyl sites for hydroxylation is 1. The minimum atomic E-state index is -1.32. The third-order valence-electron chi connectivity index (χ3n) is 5.49. The number of likely N-dealkylation sites (tertiary alicyclic amines) is 1. The number of carbonyl (C=O) groups is 1. The fourth-order valence-corrected chi connectivity index (χ4v) is 4.16. The fourth-order valence-electron chi connectivity index (χ4n) is 3.88. The predicted molar refractivity (Wildman–Crippen MR) is 101 cm³/mol. The number of amides is 1. The highest BCUT2D eigenvalue weighted by Gasteiger charge is 2.43. The molecule has 2 fully saturated rings. The summed E-state index contributed by atoms with van der Waals surface area (Å²) in [4.78, 5) is 14.6. The number of aromatic nitrogens is 2. The van der Waals surface area contributed by atoms with E-state index in [9.17, 15) is 9.90 Å². The molecule has 2 heterocycles. The van der Waals surface area contributed by atoms with E-state index in [1.54, 1.807) is 4.68 Å². The maximum atomic E-state index is 12.7. The highest BCUT2D eigenvalue weighted by atomic mass is 35.5. The molecule has 6 nitrogen and oxygen atoms in total. The van der Waals surface area contributed by atoms with Crippen LogP contribution in [0, 0.1) is 5.92 Å². The summed E-state index contributed by atoms with van der Waals surface area (Å²) in [7, 11) is 1.89. The standard InChI is InChI=1S/C19H25ClN4O2/c1-23-16-5-2-4-14(20)17(16)15(22-23)10-21-12-19(26)8-3-9-24(18(19)25)11-13-6-7-13/h2,4-5,13,21,26H,3,6-12H2,1H3/t19-/m1/s1. The fraction of sp³-hybridized carbons (Fsp3) is 0.579. The Morgan fingerprint density at radius 3 is 3.00 bits per heavy atom. The van der Waals surface area contributed by atoms with Crippen molar-refractivity contribution in [2.24, 2.45) is 13.0 Å². The van der Waals surface area contributed by atoms with Gasteiger partial charge in [-0.25, -0.2) is 0 Å². The topological polar surface area (TPSA) is 70.4 Å². The number of piperidine rings is 1. The molecule has 2 aliphatic rings. The SMILES string of the molecule is Cn1nc(CNC[C@]2(O)CCCN(CC3CC3)C2=O)c2c(Cl)cccc21. The van der Waals surface area contributed by atoms with Crippen molar-refractivity contribution < 1.29 is 9.90 Å². The zero-order chi connectivity index (χ0) is 18.3. The summed E-state index contributed by atoms with van der Waals surface area (Å²) in [6, 6.07) is 5.73. The van der Waals surface area contributed by atoms with Gasteiger partial charge >= 0.3 is 0 Å². The first-order valence-corrected chi connectivity index (χ1v) is 9.68. The first kappa shape index (κ1) is 17.8. The van der Waals surface area contributed by atoms with Crippen molar-refractivity contribution in [3.05, 3.63) is 28.9 Å². The highest BCUT2D eigenvalue weighted by molar-refractivity contribution is 6.35. The van der Waals surface area contributed by atoms with Gasteiger partial charge in [-0.05, 0) is 43.7 Å². The molecule has 0 spiro atoms. The van der Waals surface area contributed by atoms with Crippen molar-refractivity contribution in [3.8, 4) is 0 Å². The van der Waals surface area contributed by atoms with Crippen molar-refractivity contribution in [3.63, 3.8) is 0 Å². The first-order valence-electron chi connectivity index (χ1n) is 9.30. The van der Waals surface area contributed by atoms with Gasteiger partial charge < -0.3 is 15.3 Å². The molecular formula is C19H25ClN4O2. The lowest BCUT2D eigenvalue weighted by Crippen LogP contribution is -2.58. The van der Waals surface area contributed by atoms with Crippen LogP contribution >= 0.6 is 11.6 Å². The molecular weight excluding hydrogens is 352 g/mol. The maximum absolute atomic E-state index is 12.7. The van der Waals surface area contributed by atoms with Crippen LogP contribution in [0.5, 0.6) is 0 Å². The van der Waals surface area contributed by atoms with Crippen LogP contribution in [0.4, 0.5) is 0 Å². The molecule has 1 aromatic heterocycles. The van der Waals surface area contributed by atoms with E-state index in [1.807, 2.05) is 30.1 Å². The van der Waals surface area contributed by atoms with Gasteiger partial charge in [-0.2, -0.15) is 5.10 Å². The van der Waals surface area contributed by atoms with Crippen LogP contribution in [0.25, 0.3) is 10.9 Å². The van der Waals surface area contributed by atoms with Crippen molar-refractivity contribution in [1.29, 1.82) is 0 Å². The van der Waals surface area contributed by atoms with E-state index in [-0.39, 0.29) is 12.5 Å². The van der Waals surface area contributed by atoms with Gasteiger partial charge in [0.2, 0.25) is 0 Å². The average molecular weight is 377 g/mol. The van der Waals surface area contributed by atoms with Crippen LogP contribution in [0.3, 0.4) is 0 Å². The second-order valence-corrected chi connectivity index (χ2v) is 8.04. The monoisotopic (exact) mass is 376 g/mol. The van der Waals surface area contributed by atoms with Crippen LogP contribution in [-0.2, 0) is 18.4 Å². The summed E-state index contributed by atoms with van der Waals surface area (Å²) in [6.45, 7) is 2.24. The zero-order valence-corrected chi connectivity index (χ0v) is 15.8. The Balaban J connectivity index is 1.43. The molecule has 140 valence electrons. The smallest absolute Gasteiger partial charge is 0.255 e. The summed E-state index contributed by atoms with van der Waals surface area (Å²) >= 11 is 6.34. The largest absolute Gasteiger partial charge is 0.379 e. The van der Waals surface area contributed by atoms with E-state index in [2.05, 4.69) is 10.4 Å². The van der Waals surface area contributed by atoms with Gasteiger partial charge in [0.05, 0.1) is 16.2 Å². The number of rotatable bonds is 6. The summed E-state index contributed by atoms with van der Waals surface area (Å²) in [5.74, 6) is 0.503. The third kappa shape index (κ3) is 3.33. The van der Waals surface area contributed by atoms with Crippen LogP contribution in [0.15, 0.2) is 18.2 Å². The van der Waals surface area contributed by atoms with Gasteiger partial charge in [0.25, 0.3) is 5.91 Å². The Morgan fingerprint density at radius 1 is 1.42 bits per heavy atom. The minimum absolute atomic E-state index is 0.132. The van der Waals surface area contributed by atoms with E-state index in [4.69, 9.17) is 11.6 Å². The number of nitrogens with zero attached hydrogens (tertiary/aromatic N) is 3. The molecule has 0 unspecified atom stereocenters. The van der Waals surface area contributed by atoms with Crippen molar-refractivity contribution in [1.82, 2.24) is 20.0 Å². The van der Waals surface area contributed by atoms with Gasteiger partial charge in [0.15, 0.2) is 5.60 Å². The number of benzene rings is 1. The highest BCUT2D eigenvalue weighted by Crippen LogP contribution is 2.32. The summed E-state index contributed by atoms with van der Waals surface area (Å²) in [5, 5.41) is 20.2. The predicted octanol–water partition coefficient (Wildman–Crippen LogP) is 2.08. The second-order valence-electron chi connectivity index (χ2n) is 7.64. The molecule has 4 rings (SSSR count). The molecule has 1 aliphatic heterocycles. The molecule has 1 saturated carbocycles. The summed E-state index contributed by atoms with van der Waals surface area (Å²) < 4.78 is 1.80. The number of fused-ring (bicyclic) bond motifs is 1. The van der Waals surface area contributed by atoms with E-state index in [0.717, 1.165) is 36.1 Å². The van der Waals surface area contributed by atoms with Crippen molar-refractivity contribution >= 4 is 28.4 Å². The quantitative estimate of drug-likeness (QED) is 0.809. The number of carbonyl (C=O) groups excluding carboxylic acids is 1. The molecule has 0 radical (unpaired) electrons. The van der Waals surface area contributed by atoms with Gasteiger partial charge in [-0.3, -0.25) is 9.48 Å². The van der Waals surface area contributed by atoms with Crippen LogP contribution in [-0.4, -0.2) is 50.9 Å². The normalized spacial score (nSPS) is 23.8. The summed E-state index contributed by atoms with van der Waals surface area (Å²) in [5.41, 5.74) is 0.480. The lowest BCUT2D eigenvalue weighted by atomic mass is 9.91.